The van der Waals surface area contributed by atoms with Crippen molar-refractivity contribution in [1.82, 2.24) is 10.3 Å². The number of hydrogen-bond acceptors (Lipinski definition) is 3. The number of rotatable bonds is 5. The molecule has 3 nitrogen and oxygen atoms in total. The molecule has 1 aliphatic rings. The number of nitrogens with zero attached hydrogens (tertiary/aromatic N) is 2. The number of hydrogen-bond donors (Lipinski definition) is 1. The minimum atomic E-state index is 0.463. The van der Waals surface area contributed by atoms with Gasteiger partial charge in [-0.15, -0.1) is 0 Å². The van der Waals surface area contributed by atoms with Gasteiger partial charge in [0.2, 0.25) is 0 Å². The van der Waals surface area contributed by atoms with Gasteiger partial charge in [-0.2, -0.15) is 0 Å². The lowest BCUT2D eigenvalue weighted by molar-refractivity contribution is 0.325. The zero-order valence-corrected chi connectivity index (χ0v) is 15.2. The molecule has 118 valence electrons. The fraction of sp³-hybridized carbons (Fsp3) is 0.706. The van der Waals surface area contributed by atoms with E-state index in [9.17, 15) is 0 Å². The highest BCUT2D eigenvalue weighted by atomic mass is 79.9. The first-order valence-electron chi connectivity index (χ1n) is 8.12. The van der Waals surface area contributed by atoms with Crippen LogP contribution < -0.4 is 10.2 Å². The minimum Gasteiger partial charge on any atom is -0.356 e. The maximum atomic E-state index is 4.71. The van der Waals surface area contributed by atoms with Gasteiger partial charge in [-0.1, -0.05) is 20.8 Å². The van der Waals surface area contributed by atoms with Crippen LogP contribution in [0.4, 0.5) is 5.82 Å². The van der Waals surface area contributed by atoms with Crippen molar-refractivity contribution in [2.75, 3.05) is 24.5 Å². The molecule has 0 aromatic carbocycles. The summed E-state index contributed by atoms with van der Waals surface area (Å²) < 4.78 is 1.06. The van der Waals surface area contributed by atoms with Gasteiger partial charge in [0.05, 0.1) is 0 Å². The highest BCUT2D eigenvalue weighted by Gasteiger charge is 2.24. The van der Waals surface area contributed by atoms with Gasteiger partial charge < -0.3 is 10.2 Å². The van der Waals surface area contributed by atoms with Crippen LogP contribution in [0.5, 0.6) is 0 Å². The Morgan fingerprint density at radius 1 is 1.33 bits per heavy atom. The van der Waals surface area contributed by atoms with Crippen molar-refractivity contribution in [2.45, 2.75) is 53.0 Å². The smallest absolute Gasteiger partial charge is 0.133 e. The van der Waals surface area contributed by atoms with Crippen molar-refractivity contribution in [3.63, 3.8) is 0 Å². The molecule has 1 fully saturated rings. The summed E-state index contributed by atoms with van der Waals surface area (Å²) in [4.78, 5) is 7.19. The molecule has 1 aromatic rings. The second-order valence-corrected chi connectivity index (χ2v) is 7.73. The third-order valence-electron chi connectivity index (χ3n) is 4.29. The molecule has 1 aromatic heterocycles. The highest BCUT2D eigenvalue weighted by molar-refractivity contribution is 9.10. The van der Waals surface area contributed by atoms with E-state index in [0.717, 1.165) is 37.1 Å². The van der Waals surface area contributed by atoms with E-state index in [-0.39, 0.29) is 0 Å². The second kappa shape index (κ2) is 7.59. The van der Waals surface area contributed by atoms with E-state index in [4.69, 9.17) is 4.98 Å². The number of anilines is 1. The van der Waals surface area contributed by atoms with Crippen molar-refractivity contribution >= 4 is 21.7 Å². The molecule has 0 amide bonds. The van der Waals surface area contributed by atoms with Gasteiger partial charge in [-0.3, -0.25) is 0 Å². The van der Waals surface area contributed by atoms with Crippen LogP contribution in [-0.2, 0) is 6.54 Å². The second-order valence-electron chi connectivity index (χ2n) is 6.82. The summed E-state index contributed by atoms with van der Waals surface area (Å²) in [6.45, 7) is 11.2. The average Bonchev–Trinajstić information content (AvgIpc) is 2.60. The molecule has 0 saturated carbocycles. The van der Waals surface area contributed by atoms with E-state index in [2.05, 4.69) is 53.0 Å². The summed E-state index contributed by atoms with van der Waals surface area (Å²) in [6.07, 6.45) is 6.89. The Labute approximate surface area is 137 Å². The monoisotopic (exact) mass is 353 g/mol. The van der Waals surface area contributed by atoms with Crippen molar-refractivity contribution in [3.8, 4) is 0 Å². The van der Waals surface area contributed by atoms with E-state index in [1.54, 1.807) is 0 Å². The molecule has 2 rings (SSSR count). The van der Waals surface area contributed by atoms with Gasteiger partial charge >= 0.3 is 0 Å². The van der Waals surface area contributed by atoms with Crippen molar-refractivity contribution in [2.24, 2.45) is 5.41 Å². The van der Waals surface area contributed by atoms with E-state index in [1.807, 2.05) is 6.20 Å². The third-order valence-corrected chi connectivity index (χ3v) is 4.73. The van der Waals surface area contributed by atoms with Gasteiger partial charge in [0.1, 0.15) is 5.82 Å². The van der Waals surface area contributed by atoms with Crippen molar-refractivity contribution in [3.05, 3.63) is 22.3 Å². The molecule has 1 N–H and O–H groups in total. The quantitative estimate of drug-likeness (QED) is 0.797. The lowest BCUT2D eigenvalue weighted by atomic mass is 9.85. The standard InChI is InChI=1S/C17H28BrN3/c1-4-8-19-12-14-11-15(18)13-20-16(14)21-9-5-6-17(2,3)7-10-21/h11,13,19H,4-10,12H2,1-3H3. The Hall–Kier alpha value is -0.610. The summed E-state index contributed by atoms with van der Waals surface area (Å²) in [7, 11) is 0. The largest absolute Gasteiger partial charge is 0.356 e. The molecule has 0 bridgehead atoms. The van der Waals surface area contributed by atoms with Gasteiger partial charge in [-0.05, 0) is 59.6 Å². The van der Waals surface area contributed by atoms with Crippen LogP contribution in [0.3, 0.4) is 0 Å². The molecule has 2 heterocycles. The summed E-state index contributed by atoms with van der Waals surface area (Å²) in [5.74, 6) is 1.17. The molecule has 0 atom stereocenters. The van der Waals surface area contributed by atoms with Crippen LogP contribution in [-0.4, -0.2) is 24.6 Å². The Balaban J connectivity index is 2.13. The summed E-state index contributed by atoms with van der Waals surface area (Å²) in [5.41, 5.74) is 1.77. The lowest BCUT2D eigenvalue weighted by Crippen LogP contribution is -2.28. The predicted octanol–water partition coefficient (Wildman–Crippen LogP) is 4.36. The molecular weight excluding hydrogens is 326 g/mol. The Kier molecular flexibility index (Phi) is 6.06. The van der Waals surface area contributed by atoms with Crippen LogP contribution in [0.2, 0.25) is 0 Å². The summed E-state index contributed by atoms with van der Waals surface area (Å²) in [5, 5.41) is 3.50. The molecule has 0 spiro atoms. The summed E-state index contributed by atoms with van der Waals surface area (Å²) >= 11 is 3.55. The van der Waals surface area contributed by atoms with Gasteiger partial charge in [-0.25, -0.2) is 4.98 Å². The molecule has 1 aliphatic heterocycles. The van der Waals surface area contributed by atoms with Gasteiger partial charge in [0.25, 0.3) is 0 Å². The Bertz CT molecular complexity index is 459. The topological polar surface area (TPSA) is 28.2 Å². The third kappa shape index (κ3) is 4.96. The minimum absolute atomic E-state index is 0.463. The molecule has 0 radical (unpaired) electrons. The van der Waals surface area contributed by atoms with Crippen molar-refractivity contribution < 1.29 is 0 Å². The van der Waals surface area contributed by atoms with Crippen molar-refractivity contribution in [1.29, 1.82) is 0 Å². The molecule has 21 heavy (non-hydrogen) atoms. The molecule has 0 unspecified atom stereocenters. The lowest BCUT2D eigenvalue weighted by Gasteiger charge is -2.26. The van der Waals surface area contributed by atoms with Crippen LogP contribution in [0.15, 0.2) is 16.7 Å². The first-order valence-corrected chi connectivity index (χ1v) is 8.91. The molecule has 1 saturated heterocycles. The van der Waals surface area contributed by atoms with Crippen LogP contribution in [0.1, 0.15) is 52.0 Å². The fourth-order valence-corrected chi connectivity index (χ4v) is 3.30. The summed E-state index contributed by atoms with van der Waals surface area (Å²) in [6, 6.07) is 2.21. The predicted molar refractivity (Wildman–Crippen MR) is 93.8 cm³/mol. The number of pyridine rings is 1. The maximum Gasteiger partial charge on any atom is 0.133 e. The van der Waals surface area contributed by atoms with E-state index in [1.165, 1.54) is 30.6 Å². The molecule has 0 aliphatic carbocycles. The SMILES string of the molecule is CCCNCc1cc(Br)cnc1N1CCCC(C)(C)CC1. The maximum absolute atomic E-state index is 4.71. The highest BCUT2D eigenvalue weighted by Crippen LogP contribution is 2.32. The van der Waals surface area contributed by atoms with E-state index in [0.29, 0.717) is 5.41 Å². The number of nitrogens with one attached hydrogen (secondary N) is 1. The zero-order valence-electron chi connectivity index (χ0n) is 13.6. The van der Waals surface area contributed by atoms with E-state index >= 15 is 0 Å². The number of aromatic nitrogens is 1. The Morgan fingerprint density at radius 2 is 2.14 bits per heavy atom. The van der Waals surface area contributed by atoms with E-state index < -0.39 is 0 Å². The zero-order chi connectivity index (χ0) is 15.3. The molecular formula is C17H28BrN3. The van der Waals surface area contributed by atoms with Crippen LogP contribution in [0.25, 0.3) is 0 Å². The molecule has 4 heteroatoms. The first kappa shape index (κ1) is 16.8. The van der Waals surface area contributed by atoms with Crippen LogP contribution >= 0.6 is 15.9 Å². The Morgan fingerprint density at radius 3 is 2.90 bits per heavy atom. The van der Waals surface area contributed by atoms with Gasteiger partial charge in [0, 0.05) is 35.9 Å². The van der Waals surface area contributed by atoms with Crippen LogP contribution in [0, 0.1) is 5.41 Å². The van der Waals surface area contributed by atoms with Gasteiger partial charge in [0.15, 0.2) is 0 Å². The average molecular weight is 354 g/mol. The first-order chi connectivity index (χ1) is 10.0. The normalized spacial score (nSPS) is 18.6. The fourth-order valence-electron chi connectivity index (χ4n) is 2.92. The number of halogens is 1.